The summed E-state index contributed by atoms with van der Waals surface area (Å²) in [5, 5.41) is 0. The molecule has 1 rings (SSSR count). The van der Waals surface area contributed by atoms with E-state index in [0.29, 0.717) is 5.92 Å². The molecule has 1 unspecified atom stereocenters. The molecule has 62 valence electrons. The molecule has 0 aromatic rings. The molecule has 0 bridgehead atoms. The highest BCUT2D eigenvalue weighted by Gasteiger charge is 2.23. The average Bonchev–Trinajstić information content (AvgIpc) is 1.86. The Morgan fingerprint density at radius 2 is 2.09 bits per heavy atom. The first-order chi connectivity index (χ1) is 5.00. The second-order valence-corrected chi connectivity index (χ2v) is 4.16. The monoisotopic (exact) mass is 154 g/mol. The van der Waals surface area contributed by atoms with E-state index in [2.05, 4.69) is 20.8 Å². The Labute approximate surface area is 67.8 Å². The topological polar surface area (TPSA) is 0 Å². The quantitative estimate of drug-likeness (QED) is 0.501. The summed E-state index contributed by atoms with van der Waals surface area (Å²) in [7, 11) is 0. The van der Waals surface area contributed by atoms with E-state index in [-0.39, 0.29) is 11.2 Å². The highest BCUT2D eigenvalue weighted by molar-refractivity contribution is 5.18. The lowest BCUT2D eigenvalue weighted by molar-refractivity contribution is 0.289. The van der Waals surface area contributed by atoms with Crippen LogP contribution in [0.3, 0.4) is 0 Å². The van der Waals surface area contributed by atoms with Gasteiger partial charge < -0.3 is 0 Å². The fourth-order valence-electron chi connectivity index (χ4n) is 1.25. The summed E-state index contributed by atoms with van der Waals surface area (Å²) in [6, 6.07) is 0. The van der Waals surface area contributed by atoms with Crippen molar-refractivity contribution >= 4 is 0 Å². The van der Waals surface area contributed by atoms with Gasteiger partial charge in [-0.2, -0.15) is 0 Å². The van der Waals surface area contributed by atoms with Crippen molar-refractivity contribution < 1.29 is 4.39 Å². The van der Waals surface area contributed by atoms with Crippen LogP contribution in [0.15, 0.2) is 24.1 Å². The van der Waals surface area contributed by atoms with Crippen LogP contribution in [0.1, 0.15) is 27.2 Å². The first kappa shape index (κ1) is 8.51. The molecule has 11 heavy (non-hydrogen) atoms. The van der Waals surface area contributed by atoms with E-state index < -0.39 is 0 Å². The molecule has 0 amide bonds. The van der Waals surface area contributed by atoms with Crippen molar-refractivity contribution in [3.63, 3.8) is 0 Å². The van der Waals surface area contributed by atoms with E-state index in [4.69, 9.17) is 0 Å². The normalized spacial score (nSPS) is 25.1. The van der Waals surface area contributed by atoms with Crippen LogP contribution >= 0.6 is 0 Å². The Kier molecular flexibility index (Phi) is 2.17. The summed E-state index contributed by atoms with van der Waals surface area (Å²) in [6.07, 6.45) is 6.14. The second kappa shape index (κ2) is 2.80. The molecule has 0 nitrogen and oxygen atoms in total. The van der Waals surface area contributed by atoms with Crippen molar-refractivity contribution in [2.45, 2.75) is 27.2 Å². The van der Waals surface area contributed by atoms with Crippen LogP contribution in [0.4, 0.5) is 4.39 Å². The standard InChI is InChI=1S/C10H15F/c1-10(2,3)8-5-4-6-9(11)7-8/h4,6-8H,5H2,1-3H3. The zero-order valence-corrected chi connectivity index (χ0v) is 7.39. The van der Waals surface area contributed by atoms with Gasteiger partial charge in [-0.05, 0) is 29.9 Å². The van der Waals surface area contributed by atoms with Crippen LogP contribution in [0, 0.1) is 11.3 Å². The third-order valence-electron chi connectivity index (χ3n) is 2.14. The fraction of sp³-hybridized carbons (Fsp3) is 0.600. The van der Waals surface area contributed by atoms with E-state index in [1.54, 1.807) is 12.2 Å². The maximum Gasteiger partial charge on any atom is 0.119 e. The summed E-state index contributed by atoms with van der Waals surface area (Å²) in [5.41, 5.74) is 0.183. The fourth-order valence-corrected chi connectivity index (χ4v) is 1.25. The van der Waals surface area contributed by atoms with Crippen LogP contribution in [0.2, 0.25) is 0 Å². The molecule has 0 aromatic heterocycles. The van der Waals surface area contributed by atoms with E-state index in [1.165, 1.54) is 0 Å². The predicted molar refractivity (Wildman–Crippen MR) is 45.9 cm³/mol. The van der Waals surface area contributed by atoms with Crippen molar-refractivity contribution in [3.05, 3.63) is 24.1 Å². The minimum atomic E-state index is -0.0869. The van der Waals surface area contributed by atoms with Gasteiger partial charge in [0.1, 0.15) is 5.83 Å². The zero-order valence-electron chi connectivity index (χ0n) is 7.39. The van der Waals surface area contributed by atoms with Gasteiger partial charge in [0.2, 0.25) is 0 Å². The Hall–Kier alpha value is -0.590. The third-order valence-corrected chi connectivity index (χ3v) is 2.14. The number of hydrogen-bond donors (Lipinski definition) is 0. The first-order valence-electron chi connectivity index (χ1n) is 4.04. The van der Waals surface area contributed by atoms with Crippen LogP contribution in [-0.2, 0) is 0 Å². The minimum Gasteiger partial charge on any atom is -0.207 e. The lowest BCUT2D eigenvalue weighted by Gasteiger charge is -2.28. The van der Waals surface area contributed by atoms with Gasteiger partial charge in [0.15, 0.2) is 0 Å². The van der Waals surface area contributed by atoms with Crippen molar-refractivity contribution in [3.8, 4) is 0 Å². The van der Waals surface area contributed by atoms with Crippen molar-refractivity contribution in [1.29, 1.82) is 0 Å². The molecule has 1 aliphatic rings. The SMILES string of the molecule is CC(C)(C)C1C=C(F)C=CC1. The highest BCUT2D eigenvalue weighted by Crippen LogP contribution is 2.33. The molecule has 0 saturated heterocycles. The highest BCUT2D eigenvalue weighted by atomic mass is 19.1. The summed E-state index contributed by atoms with van der Waals surface area (Å²) in [6.45, 7) is 6.42. The van der Waals surface area contributed by atoms with Gasteiger partial charge in [0.05, 0.1) is 0 Å². The predicted octanol–water partition coefficient (Wildman–Crippen LogP) is 3.46. The molecular formula is C10H15F. The summed E-state index contributed by atoms with van der Waals surface area (Å²) < 4.78 is 12.7. The van der Waals surface area contributed by atoms with Crippen LogP contribution in [0.5, 0.6) is 0 Å². The number of rotatable bonds is 0. The Balaban J connectivity index is 2.71. The van der Waals surface area contributed by atoms with Gasteiger partial charge in [-0.3, -0.25) is 0 Å². The average molecular weight is 154 g/mol. The van der Waals surface area contributed by atoms with E-state index in [0.717, 1.165) is 6.42 Å². The van der Waals surface area contributed by atoms with Crippen LogP contribution < -0.4 is 0 Å². The Morgan fingerprint density at radius 1 is 1.45 bits per heavy atom. The van der Waals surface area contributed by atoms with E-state index >= 15 is 0 Å². The minimum absolute atomic E-state index is 0.0869. The van der Waals surface area contributed by atoms with E-state index in [9.17, 15) is 4.39 Å². The van der Waals surface area contributed by atoms with Crippen LogP contribution in [0.25, 0.3) is 0 Å². The van der Waals surface area contributed by atoms with Gasteiger partial charge in [0, 0.05) is 0 Å². The molecule has 0 N–H and O–H groups in total. The Bertz CT molecular complexity index is 193. The maximum atomic E-state index is 12.7. The lowest BCUT2D eigenvalue weighted by atomic mass is 9.77. The largest absolute Gasteiger partial charge is 0.207 e. The maximum absolute atomic E-state index is 12.7. The molecular weight excluding hydrogens is 139 g/mol. The first-order valence-corrected chi connectivity index (χ1v) is 4.04. The van der Waals surface area contributed by atoms with Gasteiger partial charge in [-0.1, -0.05) is 26.8 Å². The van der Waals surface area contributed by atoms with Crippen molar-refractivity contribution in [2.24, 2.45) is 11.3 Å². The molecule has 0 spiro atoms. The molecule has 0 aliphatic heterocycles. The van der Waals surface area contributed by atoms with Gasteiger partial charge in [-0.15, -0.1) is 0 Å². The number of hydrogen-bond acceptors (Lipinski definition) is 0. The molecule has 1 atom stereocenters. The molecule has 0 fully saturated rings. The molecule has 1 heteroatoms. The second-order valence-electron chi connectivity index (χ2n) is 4.16. The van der Waals surface area contributed by atoms with Crippen molar-refractivity contribution in [2.75, 3.05) is 0 Å². The van der Waals surface area contributed by atoms with E-state index in [1.807, 2.05) is 6.08 Å². The molecule has 0 saturated carbocycles. The summed E-state index contributed by atoms with van der Waals surface area (Å²) in [5.74, 6) is 0.267. The molecule has 1 aliphatic carbocycles. The van der Waals surface area contributed by atoms with Gasteiger partial charge >= 0.3 is 0 Å². The number of halogens is 1. The molecule has 0 heterocycles. The summed E-state index contributed by atoms with van der Waals surface area (Å²) >= 11 is 0. The van der Waals surface area contributed by atoms with Gasteiger partial charge in [0.25, 0.3) is 0 Å². The van der Waals surface area contributed by atoms with Crippen molar-refractivity contribution in [1.82, 2.24) is 0 Å². The molecule has 0 radical (unpaired) electrons. The lowest BCUT2D eigenvalue weighted by Crippen LogP contribution is -2.19. The third kappa shape index (κ3) is 2.18. The zero-order chi connectivity index (χ0) is 8.48. The van der Waals surface area contributed by atoms with Gasteiger partial charge in [-0.25, -0.2) is 4.39 Å². The Morgan fingerprint density at radius 3 is 2.45 bits per heavy atom. The van der Waals surface area contributed by atoms with Crippen LogP contribution in [-0.4, -0.2) is 0 Å². The number of allylic oxidation sites excluding steroid dienone is 4. The summed E-state index contributed by atoms with van der Waals surface area (Å²) in [4.78, 5) is 0. The smallest absolute Gasteiger partial charge is 0.119 e. The molecule has 0 aromatic carbocycles.